The normalized spacial score (nSPS) is 11.6. The Balaban J connectivity index is 2.24. The van der Waals surface area contributed by atoms with Crippen LogP contribution in [-0.2, 0) is 11.3 Å². The molecule has 1 aromatic carbocycles. The van der Waals surface area contributed by atoms with Crippen molar-refractivity contribution >= 4 is 0 Å². The Morgan fingerprint density at radius 1 is 1.11 bits per heavy atom. The van der Waals surface area contributed by atoms with Crippen molar-refractivity contribution in [3.63, 3.8) is 0 Å². The van der Waals surface area contributed by atoms with Gasteiger partial charge in [0.05, 0.1) is 6.61 Å². The van der Waals surface area contributed by atoms with E-state index < -0.39 is 13.0 Å². The highest BCUT2D eigenvalue weighted by atomic mass is 19.4. The van der Waals surface area contributed by atoms with Gasteiger partial charge in [0, 0.05) is 6.54 Å². The summed E-state index contributed by atoms with van der Waals surface area (Å²) in [6, 6.07) is 7.22. The molecule has 0 spiro atoms. The molecule has 0 aliphatic rings. The Hall–Kier alpha value is -1.27. The highest BCUT2D eigenvalue weighted by molar-refractivity contribution is 5.27. The summed E-state index contributed by atoms with van der Waals surface area (Å²) in [6.07, 6.45) is -3.53. The summed E-state index contributed by atoms with van der Waals surface area (Å²) in [7, 11) is 0. The fourth-order valence-electron chi connectivity index (χ4n) is 1.43. The van der Waals surface area contributed by atoms with E-state index in [0.717, 1.165) is 25.1 Å². The van der Waals surface area contributed by atoms with Gasteiger partial charge in [0.25, 0.3) is 0 Å². The van der Waals surface area contributed by atoms with Crippen LogP contribution in [0.5, 0.6) is 5.75 Å². The lowest BCUT2D eigenvalue weighted by molar-refractivity contribution is -0.325. The maximum absolute atomic E-state index is 11.7. The fourth-order valence-corrected chi connectivity index (χ4v) is 1.43. The number of benzene rings is 1. The van der Waals surface area contributed by atoms with E-state index in [1.54, 1.807) is 12.1 Å². The summed E-state index contributed by atoms with van der Waals surface area (Å²) >= 11 is 0. The van der Waals surface area contributed by atoms with Crippen LogP contribution in [-0.4, -0.2) is 26.1 Å². The molecule has 0 heterocycles. The van der Waals surface area contributed by atoms with Gasteiger partial charge >= 0.3 is 6.36 Å². The van der Waals surface area contributed by atoms with Crippen molar-refractivity contribution in [2.75, 3.05) is 19.8 Å². The van der Waals surface area contributed by atoms with Crippen molar-refractivity contribution in [1.29, 1.82) is 0 Å². The second-order valence-electron chi connectivity index (χ2n) is 3.96. The monoisotopic (exact) mass is 277 g/mol. The van der Waals surface area contributed by atoms with Crippen LogP contribution in [0.15, 0.2) is 24.3 Å². The van der Waals surface area contributed by atoms with Crippen molar-refractivity contribution < 1.29 is 22.6 Å². The predicted molar refractivity (Wildman–Crippen MR) is 65.9 cm³/mol. The number of hydrogen-bond donors (Lipinski definition) is 1. The Morgan fingerprint density at radius 3 is 2.37 bits per heavy atom. The van der Waals surface area contributed by atoms with Crippen LogP contribution < -0.4 is 10.1 Å². The lowest BCUT2D eigenvalue weighted by atomic mass is 10.2. The Morgan fingerprint density at radius 2 is 1.79 bits per heavy atom. The zero-order valence-corrected chi connectivity index (χ0v) is 10.8. The first-order valence-electron chi connectivity index (χ1n) is 6.14. The number of rotatable bonds is 8. The largest absolute Gasteiger partial charge is 0.522 e. The average molecular weight is 277 g/mol. The number of alkyl halides is 3. The third-order valence-electron chi connectivity index (χ3n) is 2.30. The molecule has 0 amide bonds. The van der Waals surface area contributed by atoms with Gasteiger partial charge in [0.15, 0.2) is 0 Å². The van der Waals surface area contributed by atoms with Gasteiger partial charge in [-0.1, -0.05) is 19.1 Å². The zero-order chi connectivity index (χ0) is 14.1. The third kappa shape index (κ3) is 7.69. The molecule has 0 saturated heterocycles. The molecule has 0 radical (unpaired) electrons. The maximum atomic E-state index is 11.7. The summed E-state index contributed by atoms with van der Waals surface area (Å²) in [4.78, 5) is 0. The second-order valence-corrected chi connectivity index (χ2v) is 3.96. The van der Waals surface area contributed by atoms with Crippen LogP contribution in [0.2, 0.25) is 0 Å². The van der Waals surface area contributed by atoms with Gasteiger partial charge < -0.3 is 10.1 Å². The maximum Gasteiger partial charge on any atom is 0.522 e. The van der Waals surface area contributed by atoms with E-state index in [0.29, 0.717) is 5.75 Å². The molecular weight excluding hydrogens is 259 g/mol. The van der Waals surface area contributed by atoms with Crippen molar-refractivity contribution in [3.05, 3.63) is 29.8 Å². The Bertz CT molecular complexity index is 352. The molecule has 0 fully saturated rings. The molecule has 6 heteroatoms. The molecule has 0 aliphatic carbocycles. The first kappa shape index (κ1) is 15.8. The first-order valence-corrected chi connectivity index (χ1v) is 6.14. The molecule has 1 aromatic rings. The van der Waals surface area contributed by atoms with E-state index in [1.165, 1.54) is 0 Å². The first-order chi connectivity index (χ1) is 9.01. The summed E-state index contributed by atoms with van der Waals surface area (Å²) in [6.45, 7) is 3.17. The van der Waals surface area contributed by atoms with Crippen molar-refractivity contribution in [2.45, 2.75) is 26.3 Å². The van der Waals surface area contributed by atoms with Gasteiger partial charge in [-0.3, -0.25) is 4.74 Å². The summed E-state index contributed by atoms with van der Waals surface area (Å²) < 4.78 is 43.8. The molecular formula is C13H18F3NO2. The lowest BCUT2D eigenvalue weighted by Gasteiger charge is -2.09. The molecule has 0 unspecified atom stereocenters. The highest BCUT2D eigenvalue weighted by Gasteiger charge is 2.28. The van der Waals surface area contributed by atoms with Gasteiger partial charge in [0.2, 0.25) is 0 Å². The third-order valence-corrected chi connectivity index (χ3v) is 2.30. The summed E-state index contributed by atoms with van der Waals surface area (Å²) in [5, 5.41) is 3.25. The molecule has 0 saturated carbocycles. The van der Waals surface area contributed by atoms with Gasteiger partial charge in [-0.2, -0.15) is 0 Å². The topological polar surface area (TPSA) is 30.5 Å². The molecule has 1 rings (SSSR count). The van der Waals surface area contributed by atoms with Crippen molar-refractivity contribution in [1.82, 2.24) is 5.32 Å². The molecule has 0 bridgehead atoms. The van der Waals surface area contributed by atoms with E-state index in [4.69, 9.17) is 4.74 Å². The SMILES string of the molecule is CCCNCc1ccc(OCCOC(F)(F)F)cc1. The highest BCUT2D eigenvalue weighted by Crippen LogP contribution is 2.16. The molecule has 0 aliphatic heterocycles. The van der Waals surface area contributed by atoms with Crippen LogP contribution in [0.3, 0.4) is 0 Å². The van der Waals surface area contributed by atoms with E-state index in [-0.39, 0.29) is 6.61 Å². The lowest BCUT2D eigenvalue weighted by Crippen LogP contribution is -2.18. The minimum absolute atomic E-state index is 0.132. The van der Waals surface area contributed by atoms with Gasteiger partial charge in [-0.25, -0.2) is 0 Å². The standard InChI is InChI=1S/C13H18F3NO2/c1-2-7-17-10-11-3-5-12(6-4-11)18-8-9-19-13(14,15)16/h3-6,17H,2,7-10H2,1H3. The van der Waals surface area contributed by atoms with Crippen LogP contribution in [0, 0.1) is 0 Å². The van der Waals surface area contributed by atoms with Crippen LogP contribution in [0.1, 0.15) is 18.9 Å². The minimum Gasteiger partial charge on any atom is -0.491 e. The van der Waals surface area contributed by atoms with Gasteiger partial charge in [0.1, 0.15) is 12.4 Å². The number of nitrogens with one attached hydrogen (secondary N) is 1. The molecule has 3 nitrogen and oxygen atoms in total. The number of ether oxygens (including phenoxy) is 2. The molecule has 1 N–H and O–H groups in total. The summed E-state index contributed by atoms with van der Waals surface area (Å²) in [5.74, 6) is 0.532. The van der Waals surface area contributed by atoms with Crippen LogP contribution in [0.4, 0.5) is 13.2 Å². The van der Waals surface area contributed by atoms with Crippen molar-refractivity contribution in [2.24, 2.45) is 0 Å². The fraction of sp³-hybridized carbons (Fsp3) is 0.538. The second kappa shape index (κ2) is 8.01. The molecule has 108 valence electrons. The predicted octanol–water partition coefficient (Wildman–Crippen LogP) is 3.10. The van der Waals surface area contributed by atoms with E-state index in [2.05, 4.69) is 17.0 Å². The number of hydrogen-bond acceptors (Lipinski definition) is 3. The van der Waals surface area contributed by atoms with E-state index in [1.807, 2.05) is 12.1 Å². The quantitative estimate of drug-likeness (QED) is 0.741. The van der Waals surface area contributed by atoms with Gasteiger partial charge in [-0.15, -0.1) is 13.2 Å². The van der Waals surface area contributed by atoms with Crippen molar-refractivity contribution in [3.8, 4) is 5.75 Å². The Labute approximate surface area is 110 Å². The number of halogens is 3. The van der Waals surface area contributed by atoms with Crippen LogP contribution >= 0.6 is 0 Å². The molecule has 0 atom stereocenters. The Kier molecular flexibility index (Phi) is 6.66. The smallest absolute Gasteiger partial charge is 0.491 e. The average Bonchev–Trinajstić information content (AvgIpc) is 2.36. The van der Waals surface area contributed by atoms with E-state index in [9.17, 15) is 13.2 Å². The molecule has 0 aromatic heterocycles. The van der Waals surface area contributed by atoms with Crippen LogP contribution in [0.25, 0.3) is 0 Å². The summed E-state index contributed by atoms with van der Waals surface area (Å²) in [5.41, 5.74) is 1.10. The minimum atomic E-state index is -4.60. The molecule has 19 heavy (non-hydrogen) atoms. The van der Waals surface area contributed by atoms with Gasteiger partial charge in [-0.05, 0) is 30.7 Å². The zero-order valence-electron chi connectivity index (χ0n) is 10.8. The van der Waals surface area contributed by atoms with E-state index >= 15 is 0 Å².